The van der Waals surface area contributed by atoms with Crippen LogP contribution in [0, 0.1) is 0 Å². The van der Waals surface area contributed by atoms with Crippen LogP contribution in [0.3, 0.4) is 0 Å². The van der Waals surface area contributed by atoms with Crippen LogP contribution in [-0.2, 0) is 0 Å². The SMILES string of the molecule is CCC[N+](C)(C)CCO.[Cl-]. The van der Waals surface area contributed by atoms with Gasteiger partial charge in [-0.2, -0.15) is 0 Å². The molecule has 0 saturated carbocycles. The number of halogens is 1. The van der Waals surface area contributed by atoms with Gasteiger partial charge in [0, 0.05) is 0 Å². The van der Waals surface area contributed by atoms with Crippen LogP contribution in [0.2, 0.25) is 0 Å². The van der Waals surface area contributed by atoms with Gasteiger partial charge in [0.2, 0.25) is 0 Å². The van der Waals surface area contributed by atoms with Gasteiger partial charge in [-0.3, -0.25) is 0 Å². The number of likely N-dealkylation sites (N-methyl/N-ethyl adjacent to an activating group) is 1. The Balaban J connectivity index is 0. The lowest BCUT2D eigenvalue weighted by Gasteiger charge is -2.28. The number of hydrogen-bond acceptors (Lipinski definition) is 1. The normalized spacial score (nSPS) is 10.8. The summed E-state index contributed by atoms with van der Waals surface area (Å²) in [6.07, 6.45) is 1.19. The summed E-state index contributed by atoms with van der Waals surface area (Å²) in [5.41, 5.74) is 0. The van der Waals surface area contributed by atoms with Crippen molar-refractivity contribution < 1.29 is 22.0 Å². The van der Waals surface area contributed by atoms with E-state index in [0.29, 0.717) is 6.61 Å². The van der Waals surface area contributed by atoms with Crippen molar-refractivity contribution in [3.63, 3.8) is 0 Å². The minimum absolute atomic E-state index is 0. The Morgan fingerprint density at radius 3 is 2.00 bits per heavy atom. The van der Waals surface area contributed by atoms with Crippen molar-refractivity contribution in [2.45, 2.75) is 13.3 Å². The number of quaternary nitrogens is 1. The fourth-order valence-corrected chi connectivity index (χ4v) is 0.988. The zero-order valence-corrected chi connectivity index (χ0v) is 7.86. The minimum atomic E-state index is 0. The Bertz CT molecular complexity index is 68.0. The summed E-state index contributed by atoms with van der Waals surface area (Å²) >= 11 is 0. The first-order chi connectivity index (χ1) is 4.12. The topological polar surface area (TPSA) is 20.2 Å². The van der Waals surface area contributed by atoms with Gasteiger partial charge in [0.1, 0.15) is 6.54 Å². The summed E-state index contributed by atoms with van der Waals surface area (Å²) in [5.74, 6) is 0. The summed E-state index contributed by atoms with van der Waals surface area (Å²) in [7, 11) is 4.28. The van der Waals surface area contributed by atoms with Crippen molar-refractivity contribution >= 4 is 0 Å². The van der Waals surface area contributed by atoms with Gasteiger partial charge < -0.3 is 22.0 Å². The molecule has 0 atom stereocenters. The van der Waals surface area contributed by atoms with Crippen LogP contribution < -0.4 is 12.4 Å². The monoisotopic (exact) mass is 167 g/mol. The first-order valence-electron chi connectivity index (χ1n) is 3.55. The van der Waals surface area contributed by atoms with E-state index in [1.54, 1.807) is 0 Å². The summed E-state index contributed by atoms with van der Waals surface area (Å²) in [6, 6.07) is 0. The van der Waals surface area contributed by atoms with Gasteiger partial charge in [0.25, 0.3) is 0 Å². The van der Waals surface area contributed by atoms with E-state index in [0.717, 1.165) is 17.6 Å². The lowest BCUT2D eigenvalue weighted by atomic mass is 10.4. The van der Waals surface area contributed by atoms with Crippen LogP contribution in [0.1, 0.15) is 13.3 Å². The fraction of sp³-hybridized carbons (Fsp3) is 1.00. The molecule has 0 aromatic rings. The molecule has 0 heterocycles. The van der Waals surface area contributed by atoms with Crippen LogP contribution in [-0.4, -0.2) is 43.4 Å². The molecule has 0 saturated heterocycles. The van der Waals surface area contributed by atoms with E-state index in [1.807, 2.05) is 0 Å². The van der Waals surface area contributed by atoms with E-state index < -0.39 is 0 Å². The Kier molecular flexibility index (Phi) is 7.65. The molecule has 0 unspecified atom stereocenters. The maximum absolute atomic E-state index is 8.61. The molecule has 3 heteroatoms. The number of rotatable bonds is 4. The summed E-state index contributed by atoms with van der Waals surface area (Å²) in [6.45, 7) is 4.48. The van der Waals surface area contributed by atoms with E-state index in [4.69, 9.17) is 5.11 Å². The zero-order valence-electron chi connectivity index (χ0n) is 7.10. The lowest BCUT2D eigenvalue weighted by molar-refractivity contribution is -0.890. The standard InChI is InChI=1S/C7H18NO.ClH/c1-4-5-8(2,3)6-7-9;/h9H,4-7H2,1-3H3;1H/q+1;/p-1. The van der Waals surface area contributed by atoms with Crippen molar-refractivity contribution in [2.75, 3.05) is 33.8 Å². The maximum atomic E-state index is 8.61. The van der Waals surface area contributed by atoms with E-state index >= 15 is 0 Å². The second-order valence-electron chi connectivity index (χ2n) is 3.11. The van der Waals surface area contributed by atoms with Crippen molar-refractivity contribution in [1.29, 1.82) is 0 Å². The predicted molar refractivity (Wildman–Crippen MR) is 39.2 cm³/mol. The Hall–Kier alpha value is 0.210. The molecule has 0 aromatic heterocycles. The molecule has 0 spiro atoms. The van der Waals surface area contributed by atoms with Crippen molar-refractivity contribution in [3.8, 4) is 0 Å². The number of nitrogens with zero attached hydrogens (tertiary/aromatic N) is 1. The van der Waals surface area contributed by atoms with Crippen LogP contribution in [0.4, 0.5) is 0 Å². The van der Waals surface area contributed by atoms with Gasteiger partial charge in [-0.1, -0.05) is 6.92 Å². The highest BCUT2D eigenvalue weighted by atomic mass is 35.5. The second kappa shape index (κ2) is 5.96. The van der Waals surface area contributed by atoms with Crippen LogP contribution in [0.15, 0.2) is 0 Å². The fourth-order valence-electron chi connectivity index (χ4n) is 0.988. The summed E-state index contributed by atoms with van der Waals surface area (Å²) in [4.78, 5) is 0. The minimum Gasteiger partial charge on any atom is -1.00 e. The summed E-state index contributed by atoms with van der Waals surface area (Å²) in [5, 5.41) is 8.61. The molecule has 0 aliphatic carbocycles. The van der Waals surface area contributed by atoms with Gasteiger partial charge in [-0.25, -0.2) is 0 Å². The van der Waals surface area contributed by atoms with Gasteiger partial charge >= 0.3 is 0 Å². The molecule has 2 nitrogen and oxygen atoms in total. The molecule has 10 heavy (non-hydrogen) atoms. The van der Waals surface area contributed by atoms with Crippen LogP contribution in [0.5, 0.6) is 0 Å². The van der Waals surface area contributed by atoms with Crippen molar-refractivity contribution in [2.24, 2.45) is 0 Å². The molecule has 0 aliphatic heterocycles. The molecule has 0 aromatic carbocycles. The first kappa shape index (κ1) is 12.8. The quantitative estimate of drug-likeness (QED) is 0.458. The summed E-state index contributed by atoms with van der Waals surface area (Å²) < 4.78 is 0.938. The zero-order chi connectivity index (χ0) is 7.33. The molecule has 1 N–H and O–H groups in total. The first-order valence-corrected chi connectivity index (χ1v) is 3.55. The highest BCUT2D eigenvalue weighted by molar-refractivity contribution is 4.30. The van der Waals surface area contributed by atoms with E-state index in [-0.39, 0.29) is 12.4 Å². The molecule has 0 aliphatic rings. The molecule has 0 radical (unpaired) electrons. The average Bonchev–Trinajstić information content (AvgIpc) is 1.64. The molecular weight excluding hydrogens is 150 g/mol. The van der Waals surface area contributed by atoms with Crippen molar-refractivity contribution in [1.82, 2.24) is 0 Å². The van der Waals surface area contributed by atoms with Crippen molar-refractivity contribution in [3.05, 3.63) is 0 Å². The highest BCUT2D eigenvalue weighted by Gasteiger charge is 2.10. The molecule has 0 rings (SSSR count). The highest BCUT2D eigenvalue weighted by Crippen LogP contribution is 1.96. The second-order valence-corrected chi connectivity index (χ2v) is 3.11. The third-order valence-electron chi connectivity index (χ3n) is 1.53. The van der Waals surface area contributed by atoms with E-state index in [2.05, 4.69) is 21.0 Å². The predicted octanol–water partition coefficient (Wildman–Crippen LogP) is -2.53. The van der Waals surface area contributed by atoms with Crippen LogP contribution >= 0.6 is 0 Å². The Morgan fingerprint density at radius 2 is 1.70 bits per heavy atom. The number of aliphatic hydroxyl groups is 1. The lowest BCUT2D eigenvalue weighted by Crippen LogP contribution is -3.00. The van der Waals surface area contributed by atoms with E-state index in [1.165, 1.54) is 6.42 Å². The molecule has 0 bridgehead atoms. The van der Waals surface area contributed by atoms with Gasteiger partial charge in [-0.05, 0) is 6.42 Å². The maximum Gasteiger partial charge on any atom is 0.102 e. The van der Waals surface area contributed by atoms with Crippen LogP contribution in [0.25, 0.3) is 0 Å². The Labute approximate surface area is 69.8 Å². The Morgan fingerprint density at radius 1 is 1.20 bits per heavy atom. The third-order valence-corrected chi connectivity index (χ3v) is 1.53. The number of aliphatic hydroxyl groups excluding tert-OH is 1. The van der Waals surface area contributed by atoms with E-state index in [9.17, 15) is 0 Å². The van der Waals surface area contributed by atoms with Gasteiger partial charge in [-0.15, -0.1) is 0 Å². The smallest absolute Gasteiger partial charge is 0.102 e. The largest absolute Gasteiger partial charge is 1.00 e. The average molecular weight is 168 g/mol. The number of hydrogen-bond donors (Lipinski definition) is 1. The molecule has 0 amide bonds. The third kappa shape index (κ3) is 6.33. The molecule has 64 valence electrons. The van der Waals surface area contributed by atoms with Gasteiger partial charge in [0.05, 0.1) is 27.2 Å². The molecular formula is C7H18ClNO. The molecule has 0 fully saturated rings. The van der Waals surface area contributed by atoms with Gasteiger partial charge in [0.15, 0.2) is 0 Å².